The topological polar surface area (TPSA) is 128 Å². The van der Waals surface area contributed by atoms with Gasteiger partial charge in [-0.05, 0) is 44.0 Å². The molecule has 0 aliphatic carbocycles. The first-order valence-corrected chi connectivity index (χ1v) is 12.9. The summed E-state index contributed by atoms with van der Waals surface area (Å²) in [5.74, 6) is 0.934. The van der Waals surface area contributed by atoms with Crippen molar-refractivity contribution in [3.63, 3.8) is 0 Å². The predicted molar refractivity (Wildman–Crippen MR) is 145 cm³/mol. The Kier molecular flexibility index (Phi) is 6.68. The number of aromatic nitrogens is 3. The molecule has 4 N–H and O–H groups in total. The highest BCUT2D eigenvalue weighted by Crippen LogP contribution is 2.36. The quantitative estimate of drug-likeness (QED) is 0.219. The molecule has 0 spiro atoms. The molecule has 0 unspecified atom stereocenters. The Morgan fingerprint density at radius 3 is 2.87 bits per heavy atom. The number of aryl methyl sites for hydroxylation is 1. The number of ketones is 1. The van der Waals surface area contributed by atoms with Crippen LogP contribution in [0.25, 0.3) is 22.0 Å². The molecule has 9 nitrogen and oxygen atoms in total. The highest BCUT2D eigenvalue weighted by Gasteiger charge is 2.25. The van der Waals surface area contributed by atoms with Gasteiger partial charge in [0.15, 0.2) is 17.1 Å². The van der Waals surface area contributed by atoms with Crippen LogP contribution in [0.1, 0.15) is 34.5 Å². The first kappa shape index (κ1) is 25.3. The summed E-state index contributed by atoms with van der Waals surface area (Å²) in [5, 5.41) is 4.72. The van der Waals surface area contributed by atoms with Crippen LogP contribution in [-0.4, -0.2) is 46.0 Å². The summed E-state index contributed by atoms with van der Waals surface area (Å²) in [4.78, 5) is 25.3. The van der Waals surface area contributed by atoms with Crippen LogP contribution in [0.3, 0.4) is 0 Å². The molecule has 1 aliphatic heterocycles. The number of halogens is 2. The molecule has 0 amide bonds. The van der Waals surface area contributed by atoms with E-state index in [1.807, 2.05) is 0 Å². The number of furan rings is 1. The standard InChI is InChI=1S/C28H25ClFN5O4/c1-14-6-15-7-16(30)8-23(26(15)38-14)39-18-4-5-20(22(29)9-18)25(36)21-11-32-27-24(21)28(34-13-33-27)35-17-2-3-19(10-31)37-12-17/h4-9,11,13,17,19H,2-3,10,12,31H2,1H3,(H2,32,33,34,35)/t17-,19+/m1/s1. The molecule has 3 aromatic heterocycles. The molecule has 39 heavy (non-hydrogen) atoms. The molecule has 1 saturated heterocycles. The van der Waals surface area contributed by atoms with E-state index in [1.165, 1.54) is 24.5 Å². The first-order valence-electron chi connectivity index (χ1n) is 12.5. The summed E-state index contributed by atoms with van der Waals surface area (Å²) in [6.07, 6.45) is 4.79. The number of H-pyrrole nitrogens is 1. The maximum atomic E-state index is 14.1. The van der Waals surface area contributed by atoms with Crippen molar-refractivity contribution in [2.75, 3.05) is 18.5 Å². The van der Waals surface area contributed by atoms with Crippen molar-refractivity contribution in [3.05, 3.63) is 76.6 Å². The Morgan fingerprint density at radius 1 is 1.23 bits per heavy atom. The number of nitrogens with two attached hydrogens (primary N) is 1. The maximum Gasteiger partial charge on any atom is 0.196 e. The molecule has 11 heteroatoms. The van der Waals surface area contributed by atoms with Crippen molar-refractivity contribution in [1.82, 2.24) is 15.0 Å². The summed E-state index contributed by atoms with van der Waals surface area (Å²) < 4.78 is 31.5. The van der Waals surface area contributed by atoms with Gasteiger partial charge in [0.05, 0.1) is 34.7 Å². The van der Waals surface area contributed by atoms with Crippen LogP contribution >= 0.6 is 11.6 Å². The number of hydrogen-bond donors (Lipinski definition) is 3. The fraction of sp³-hybridized carbons (Fsp3) is 0.250. The zero-order valence-corrected chi connectivity index (χ0v) is 21.7. The van der Waals surface area contributed by atoms with Crippen molar-refractivity contribution in [2.24, 2.45) is 5.73 Å². The summed E-state index contributed by atoms with van der Waals surface area (Å²) in [6, 6.07) is 9.05. The number of benzene rings is 2. The third-order valence-electron chi connectivity index (χ3n) is 6.77. The minimum Gasteiger partial charge on any atom is -0.457 e. The van der Waals surface area contributed by atoms with E-state index in [4.69, 9.17) is 31.2 Å². The number of aromatic amines is 1. The molecule has 0 radical (unpaired) electrons. The van der Waals surface area contributed by atoms with Crippen LogP contribution in [0.4, 0.5) is 10.2 Å². The highest BCUT2D eigenvalue weighted by molar-refractivity contribution is 6.35. The van der Waals surface area contributed by atoms with Gasteiger partial charge in [-0.1, -0.05) is 11.6 Å². The van der Waals surface area contributed by atoms with Crippen LogP contribution in [0.5, 0.6) is 11.5 Å². The van der Waals surface area contributed by atoms with E-state index in [2.05, 4.69) is 20.3 Å². The molecular formula is C28H25ClFN5O4. The number of fused-ring (bicyclic) bond motifs is 2. The van der Waals surface area contributed by atoms with Crippen molar-refractivity contribution < 1.29 is 23.1 Å². The SMILES string of the molecule is Cc1cc2cc(F)cc(Oc3ccc(C(=O)c4c[nH]c5ncnc(N[C@@H]6CC[C@@H](CN)OC6)c45)c(Cl)c3)c2o1. The van der Waals surface area contributed by atoms with Gasteiger partial charge >= 0.3 is 0 Å². The zero-order valence-electron chi connectivity index (χ0n) is 21.0. The molecule has 0 saturated carbocycles. The van der Waals surface area contributed by atoms with Crippen LogP contribution in [0.15, 0.2) is 53.3 Å². The third-order valence-corrected chi connectivity index (χ3v) is 7.08. The molecule has 5 aromatic rings. The number of carbonyl (C=O) groups is 1. The first-order chi connectivity index (χ1) is 18.9. The van der Waals surface area contributed by atoms with E-state index in [9.17, 15) is 9.18 Å². The van der Waals surface area contributed by atoms with Crippen molar-refractivity contribution in [1.29, 1.82) is 0 Å². The summed E-state index contributed by atoms with van der Waals surface area (Å²) >= 11 is 6.55. The minimum atomic E-state index is -0.457. The van der Waals surface area contributed by atoms with Gasteiger partial charge in [-0.2, -0.15) is 0 Å². The van der Waals surface area contributed by atoms with Gasteiger partial charge < -0.3 is 29.9 Å². The number of ether oxygens (including phenoxy) is 2. The van der Waals surface area contributed by atoms with Crippen molar-refractivity contribution >= 4 is 45.2 Å². The highest BCUT2D eigenvalue weighted by atomic mass is 35.5. The van der Waals surface area contributed by atoms with E-state index in [-0.39, 0.29) is 34.3 Å². The molecular weight excluding hydrogens is 525 g/mol. The molecule has 200 valence electrons. The summed E-state index contributed by atoms with van der Waals surface area (Å²) in [5.41, 5.74) is 7.30. The summed E-state index contributed by atoms with van der Waals surface area (Å²) in [6.45, 7) is 2.75. The lowest BCUT2D eigenvalue weighted by molar-refractivity contribution is 0.0153. The molecule has 1 fully saturated rings. The molecule has 6 rings (SSSR count). The van der Waals surface area contributed by atoms with Gasteiger partial charge in [-0.15, -0.1) is 0 Å². The second kappa shape index (κ2) is 10.3. The van der Waals surface area contributed by atoms with Crippen LogP contribution in [0, 0.1) is 12.7 Å². The molecule has 1 aliphatic rings. The second-order valence-corrected chi connectivity index (χ2v) is 9.92. The Balaban J connectivity index is 1.27. The normalized spacial score (nSPS) is 17.5. The fourth-order valence-corrected chi connectivity index (χ4v) is 5.11. The number of anilines is 1. The average molecular weight is 550 g/mol. The Hall–Kier alpha value is -3.99. The maximum absolute atomic E-state index is 14.1. The van der Waals surface area contributed by atoms with Crippen LogP contribution in [-0.2, 0) is 4.74 Å². The zero-order chi connectivity index (χ0) is 27.1. The molecule has 0 bridgehead atoms. The Morgan fingerprint density at radius 2 is 2.10 bits per heavy atom. The van der Waals surface area contributed by atoms with E-state index in [0.29, 0.717) is 58.0 Å². The van der Waals surface area contributed by atoms with E-state index in [0.717, 1.165) is 12.8 Å². The van der Waals surface area contributed by atoms with Crippen molar-refractivity contribution in [3.8, 4) is 11.5 Å². The van der Waals surface area contributed by atoms with Gasteiger partial charge in [-0.25, -0.2) is 14.4 Å². The molecule has 4 heterocycles. The van der Waals surface area contributed by atoms with E-state index < -0.39 is 5.82 Å². The molecule has 2 aromatic carbocycles. The lowest BCUT2D eigenvalue weighted by Crippen LogP contribution is -2.38. The average Bonchev–Trinajstić information content (AvgIpc) is 3.52. The number of carbonyl (C=O) groups excluding carboxylic acids is 1. The van der Waals surface area contributed by atoms with E-state index in [1.54, 1.807) is 31.3 Å². The largest absolute Gasteiger partial charge is 0.457 e. The lowest BCUT2D eigenvalue weighted by atomic mass is 10.0. The van der Waals surface area contributed by atoms with Gasteiger partial charge in [-0.3, -0.25) is 4.79 Å². The summed E-state index contributed by atoms with van der Waals surface area (Å²) in [7, 11) is 0. The number of nitrogens with zero attached hydrogens (tertiary/aromatic N) is 2. The fourth-order valence-electron chi connectivity index (χ4n) is 4.86. The predicted octanol–water partition coefficient (Wildman–Crippen LogP) is 5.75. The Bertz CT molecular complexity index is 1690. The molecule has 2 atom stereocenters. The number of nitrogens with one attached hydrogen (secondary N) is 2. The number of hydrogen-bond acceptors (Lipinski definition) is 8. The minimum absolute atomic E-state index is 0.0241. The third kappa shape index (κ3) is 4.94. The van der Waals surface area contributed by atoms with Crippen molar-refractivity contribution in [2.45, 2.75) is 31.9 Å². The smallest absolute Gasteiger partial charge is 0.196 e. The van der Waals surface area contributed by atoms with Gasteiger partial charge in [0.25, 0.3) is 0 Å². The van der Waals surface area contributed by atoms with Crippen LogP contribution in [0.2, 0.25) is 5.02 Å². The van der Waals surface area contributed by atoms with Crippen LogP contribution < -0.4 is 15.8 Å². The second-order valence-electron chi connectivity index (χ2n) is 9.51. The number of rotatable bonds is 7. The van der Waals surface area contributed by atoms with Gasteiger partial charge in [0.2, 0.25) is 0 Å². The van der Waals surface area contributed by atoms with E-state index >= 15 is 0 Å². The Labute approximate surface area is 227 Å². The van der Waals surface area contributed by atoms with Gasteiger partial charge in [0, 0.05) is 35.8 Å². The van der Waals surface area contributed by atoms with Gasteiger partial charge in [0.1, 0.15) is 35.1 Å². The lowest BCUT2D eigenvalue weighted by Gasteiger charge is -2.29. The monoisotopic (exact) mass is 549 g/mol.